The van der Waals surface area contributed by atoms with Crippen molar-refractivity contribution in [3.8, 4) is 11.4 Å². The Kier molecular flexibility index (Phi) is 5.79. The van der Waals surface area contributed by atoms with E-state index in [1.165, 1.54) is 20.9 Å². The average molecular weight is 401 g/mol. The van der Waals surface area contributed by atoms with Crippen LogP contribution < -0.4 is 0 Å². The Morgan fingerprint density at radius 1 is 0.500 bits per heavy atom. The Morgan fingerprint density at radius 3 is 1.29 bits per heavy atom. The second-order valence-corrected chi connectivity index (χ2v) is 8.88. The van der Waals surface area contributed by atoms with Crippen molar-refractivity contribution in [3.05, 3.63) is 96.3 Å². The third-order valence-electron chi connectivity index (χ3n) is 4.24. The molecule has 2 aromatic carbocycles. The summed E-state index contributed by atoms with van der Waals surface area (Å²) < 4.78 is 0. The summed E-state index contributed by atoms with van der Waals surface area (Å²) in [5, 5.41) is 0. The minimum absolute atomic E-state index is 0.892. The summed E-state index contributed by atoms with van der Waals surface area (Å²) in [5.74, 6) is 0. The number of aromatic nitrogens is 2. The van der Waals surface area contributed by atoms with E-state index in [0.29, 0.717) is 0 Å². The Bertz CT molecular complexity index is 985. The van der Waals surface area contributed by atoms with E-state index < -0.39 is 0 Å². The molecule has 4 rings (SSSR count). The van der Waals surface area contributed by atoms with E-state index in [1.807, 2.05) is 24.5 Å². The van der Waals surface area contributed by atoms with Crippen LogP contribution in [-0.4, -0.2) is 9.97 Å². The molecular formula is C24H20N2S2. The molecule has 0 aliphatic carbocycles. The van der Waals surface area contributed by atoms with Gasteiger partial charge in [-0.3, -0.25) is 9.97 Å². The maximum Gasteiger partial charge on any atom is 0.0897 e. The molecule has 0 saturated carbocycles. The van der Waals surface area contributed by atoms with Crippen molar-refractivity contribution in [1.82, 2.24) is 9.97 Å². The van der Waals surface area contributed by atoms with Crippen molar-refractivity contribution in [3.63, 3.8) is 0 Å². The first-order valence-electron chi connectivity index (χ1n) is 9.07. The molecule has 0 bridgehead atoms. The highest BCUT2D eigenvalue weighted by Crippen LogP contribution is 2.32. The summed E-state index contributed by atoms with van der Waals surface area (Å²) in [6.45, 7) is 4.21. The van der Waals surface area contributed by atoms with Crippen LogP contribution in [0.5, 0.6) is 0 Å². The molecule has 28 heavy (non-hydrogen) atoms. The molecule has 4 heteroatoms. The fourth-order valence-corrected chi connectivity index (χ4v) is 4.40. The number of benzene rings is 2. The van der Waals surface area contributed by atoms with Crippen molar-refractivity contribution < 1.29 is 0 Å². The Labute approximate surface area is 174 Å². The van der Waals surface area contributed by atoms with Crippen molar-refractivity contribution in [2.24, 2.45) is 0 Å². The van der Waals surface area contributed by atoms with Crippen molar-refractivity contribution in [1.29, 1.82) is 0 Å². The standard InChI is InChI=1S/C24H20N2S2/c1-17-3-7-19(8-4-17)27-21-11-13-25-23(15-21)24-16-22(12-14-26-24)28-20-9-5-18(2)6-10-20/h3-16H,1-2H3. The molecule has 0 radical (unpaired) electrons. The van der Waals surface area contributed by atoms with E-state index in [1.54, 1.807) is 23.5 Å². The molecule has 4 aromatic rings. The van der Waals surface area contributed by atoms with Gasteiger partial charge in [-0.25, -0.2) is 0 Å². The zero-order valence-corrected chi connectivity index (χ0v) is 17.4. The molecule has 2 aromatic heterocycles. The first-order valence-corrected chi connectivity index (χ1v) is 10.7. The molecule has 0 aliphatic rings. The van der Waals surface area contributed by atoms with Crippen molar-refractivity contribution in [2.45, 2.75) is 33.4 Å². The van der Waals surface area contributed by atoms with Crippen LogP contribution in [0, 0.1) is 13.8 Å². The normalized spacial score (nSPS) is 10.8. The smallest absolute Gasteiger partial charge is 0.0897 e. The quantitative estimate of drug-likeness (QED) is 0.358. The van der Waals surface area contributed by atoms with Crippen LogP contribution in [0.3, 0.4) is 0 Å². The van der Waals surface area contributed by atoms with Gasteiger partial charge in [-0.05, 0) is 62.4 Å². The average Bonchev–Trinajstić information content (AvgIpc) is 2.72. The van der Waals surface area contributed by atoms with Gasteiger partial charge in [0.1, 0.15) is 0 Å². The van der Waals surface area contributed by atoms with E-state index in [-0.39, 0.29) is 0 Å². The minimum Gasteiger partial charge on any atom is -0.255 e. The van der Waals surface area contributed by atoms with E-state index in [0.717, 1.165) is 21.2 Å². The number of hydrogen-bond donors (Lipinski definition) is 0. The molecule has 0 amide bonds. The SMILES string of the molecule is Cc1ccc(Sc2ccnc(-c3cc(Sc4ccc(C)cc4)ccn3)c2)cc1. The van der Waals surface area contributed by atoms with E-state index in [4.69, 9.17) is 0 Å². The molecule has 0 N–H and O–H groups in total. The minimum atomic E-state index is 0.892. The molecule has 0 aliphatic heterocycles. The summed E-state index contributed by atoms with van der Waals surface area (Å²) in [6.07, 6.45) is 3.71. The zero-order valence-electron chi connectivity index (χ0n) is 15.8. The van der Waals surface area contributed by atoms with Gasteiger partial charge in [-0.1, -0.05) is 58.9 Å². The highest BCUT2D eigenvalue weighted by atomic mass is 32.2. The second-order valence-electron chi connectivity index (χ2n) is 6.58. The molecule has 2 nitrogen and oxygen atoms in total. The fraction of sp³-hybridized carbons (Fsp3) is 0.0833. The van der Waals surface area contributed by atoms with Gasteiger partial charge in [0.05, 0.1) is 11.4 Å². The van der Waals surface area contributed by atoms with Gasteiger partial charge in [0.2, 0.25) is 0 Å². The third-order valence-corrected chi connectivity index (χ3v) is 6.23. The monoisotopic (exact) mass is 400 g/mol. The number of aryl methyl sites for hydroxylation is 2. The number of nitrogens with zero attached hydrogens (tertiary/aromatic N) is 2. The van der Waals surface area contributed by atoms with Gasteiger partial charge in [0.15, 0.2) is 0 Å². The van der Waals surface area contributed by atoms with Crippen LogP contribution in [0.1, 0.15) is 11.1 Å². The summed E-state index contributed by atoms with van der Waals surface area (Å²) in [7, 11) is 0. The van der Waals surface area contributed by atoms with Gasteiger partial charge in [-0.15, -0.1) is 0 Å². The lowest BCUT2D eigenvalue weighted by Gasteiger charge is -2.07. The zero-order chi connectivity index (χ0) is 19.3. The second kappa shape index (κ2) is 8.63. The molecule has 0 saturated heterocycles. The Morgan fingerprint density at radius 2 is 0.893 bits per heavy atom. The van der Waals surface area contributed by atoms with Crippen LogP contribution in [0.2, 0.25) is 0 Å². The summed E-state index contributed by atoms with van der Waals surface area (Å²) >= 11 is 3.48. The first-order chi connectivity index (χ1) is 13.7. The van der Waals surface area contributed by atoms with Gasteiger partial charge in [-0.2, -0.15) is 0 Å². The lowest BCUT2D eigenvalue weighted by atomic mass is 10.2. The molecule has 0 spiro atoms. The number of pyridine rings is 2. The highest BCUT2D eigenvalue weighted by Gasteiger charge is 2.06. The van der Waals surface area contributed by atoms with Gasteiger partial charge in [0, 0.05) is 32.0 Å². The Hall–Kier alpha value is -2.56. The topological polar surface area (TPSA) is 25.8 Å². The molecule has 2 heterocycles. The van der Waals surface area contributed by atoms with E-state index in [2.05, 4.69) is 84.5 Å². The van der Waals surface area contributed by atoms with Gasteiger partial charge in [0.25, 0.3) is 0 Å². The van der Waals surface area contributed by atoms with E-state index in [9.17, 15) is 0 Å². The van der Waals surface area contributed by atoms with Crippen LogP contribution >= 0.6 is 23.5 Å². The molecular weight excluding hydrogens is 380 g/mol. The largest absolute Gasteiger partial charge is 0.255 e. The Balaban J connectivity index is 1.55. The molecule has 0 fully saturated rings. The molecule has 0 unspecified atom stereocenters. The van der Waals surface area contributed by atoms with Crippen LogP contribution in [-0.2, 0) is 0 Å². The van der Waals surface area contributed by atoms with Crippen molar-refractivity contribution in [2.75, 3.05) is 0 Å². The highest BCUT2D eigenvalue weighted by molar-refractivity contribution is 7.99. The van der Waals surface area contributed by atoms with E-state index >= 15 is 0 Å². The maximum absolute atomic E-state index is 4.54. The van der Waals surface area contributed by atoms with Crippen LogP contribution in [0.25, 0.3) is 11.4 Å². The van der Waals surface area contributed by atoms with Crippen LogP contribution in [0.4, 0.5) is 0 Å². The van der Waals surface area contributed by atoms with Crippen LogP contribution in [0.15, 0.2) is 105 Å². The number of rotatable bonds is 5. The predicted octanol–water partition coefficient (Wildman–Crippen LogP) is 7.06. The lowest BCUT2D eigenvalue weighted by Crippen LogP contribution is -1.88. The molecule has 138 valence electrons. The summed E-state index contributed by atoms with van der Waals surface area (Å²) in [4.78, 5) is 13.8. The number of hydrogen-bond acceptors (Lipinski definition) is 4. The molecule has 0 atom stereocenters. The van der Waals surface area contributed by atoms with Crippen molar-refractivity contribution >= 4 is 23.5 Å². The predicted molar refractivity (Wildman–Crippen MR) is 118 cm³/mol. The van der Waals surface area contributed by atoms with Gasteiger partial charge < -0.3 is 0 Å². The first kappa shape index (κ1) is 18.8. The fourth-order valence-electron chi connectivity index (χ4n) is 2.71. The maximum atomic E-state index is 4.54. The lowest BCUT2D eigenvalue weighted by molar-refractivity contribution is 1.19. The third kappa shape index (κ3) is 4.83. The summed E-state index contributed by atoms with van der Waals surface area (Å²) in [6, 6.07) is 25.4. The van der Waals surface area contributed by atoms with Gasteiger partial charge >= 0.3 is 0 Å². The summed E-state index contributed by atoms with van der Waals surface area (Å²) in [5.41, 5.74) is 4.32.